The Balaban J connectivity index is 1.48. The van der Waals surface area contributed by atoms with Gasteiger partial charge in [-0.2, -0.15) is 0 Å². The molecule has 37 heavy (non-hydrogen) atoms. The summed E-state index contributed by atoms with van der Waals surface area (Å²) in [4.78, 5) is 28.9. The molecule has 6 rings (SSSR count). The van der Waals surface area contributed by atoms with Crippen LogP contribution in [-0.4, -0.2) is 46.9 Å². The number of aliphatic hydroxyl groups is 1. The number of anilines is 1. The highest BCUT2D eigenvalue weighted by Crippen LogP contribution is 2.39. The molecule has 0 spiro atoms. The van der Waals surface area contributed by atoms with Crippen molar-refractivity contribution in [3.05, 3.63) is 16.4 Å². The predicted molar refractivity (Wildman–Crippen MR) is 140 cm³/mol. The van der Waals surface area contributed by atoms with Crippen molar-refractivity contribution in [2.45, 2.75) is 109 Å². The molecule has 0 aromatic carbocycles. The highest BCUT2D eigenvalue weighted by Gasteiger charge is 2.33. The number of fused-ring (bicyclic) bond motifs is 1. The van der Waals surface area contributed by atoms with Crippen molar-refractivity contribution in [2.24, 2.45) is 17.8 Å². The summed E-state index contributed by atoms with van der Waals surface area (Å²) >= 11 is 0. The van der Waals surface area contributed by atoms with Gasteiger partial charge in [0.25, 0.3) is 0 Å². The molecule has 3 aromatic rings. The molecule has 0 bridgehead atoms. The summed E-state index contributed by atoms with van der Waals surface area (Å²) in [6, 6.07) is 0.249. The standard InChI is InChI=1S/C27H39N7O3/c1-15-10-12-17(13-11-15)14-34-21-22(28-16(2)18-6-5-7-18)29-24(25-32-27(36)37-33-25)30-23(21)31-26(34)19-8-3-4-9-20(19)35/h15-20,35H,3-14H2,1-2H3,(H,28,29,30)(H,32,33,36). The van der Waals surface area contributed by atoms with Gasteiger partial charge in [0.15, 0.2) is 11.5 Å². The number of aliphatic hydroxyl groups excluding tert-OH is 1. The van der Waals surface area contributed by atoms with Gasteiger partial charge >= 0.3 is 5.76 Å². The number of rotatable bonds is 7. The molecule has 0 radical (unpaired) electrons. The van der Waals surface area contributed by atoms with Crippen molar-refractivity contribution < 1.29 is 9.63 Å². The summed E-state index contributed by atoms with van der Waals surface area (Å²) in [6.45, 7) is 5.42. The van der Waals surface area contributed by atoms with E-state index in [1.54, 1.807) is 0 Å². The van der Waals surface area contributed by atoms with Crippen LogP contribution < -0.4 is 11.1 Å². The van der Waals surface area contributed by atoms with E-state index in [2.05, 4.69) is 33.9 Å². The molecule has 10 heteroatoms. The van der Waals surface area contributed by atoms with E-state index in [4.69, 9.17) is 19.5 Å². The summed E-state index contributed by atoms with van der Waals surface area (Å²) in [6.07, 6.45) is 12.1. The first-order chi connectivity index (χ1) is 18.0. The Hall–Kier alpha value is -2.75. The third kappa shape index (κ3) is 4.92. The van der Waals surface area contributed by atoms with E-state index < -0.39 is 11.9 Å². The van der Waals surface area contributed by atoms with Crippen LogP contribution in [0, 0.1) is 17.8 Å². The molecule has 0 amide bonds. The minimum Gasteiger partial charge on any atom is -0.392 e. The Morgan fingerprint density at radius 3 is 2.51 bits per heavy atom. The van der Waals surface area contributed by atoms with Gasteiger partial charge < -0.3 is 15.0 Å². The fraction of sp³-hybridized carbons (Fsp3) is 0.741. The Labute approximate surface area is 216 Å². The molecule has 3 saturated carbocycles. The second kappa shape index (κ2) is 10.2. The highest BCUT2D eigenvalue weighted by atomic mass is 16.5. The first-order valence-corrected chi connectivity index (χ1v) is 14.3. The fourth-order valence-corrected chi connectivity index (χ4v) is 6.51. The molecular formula is C27H39N7O3. The van der Waals surface area contributed by atoms with Crippen LogP contribution in [0.5, 0.6) is 0 Å². The molecule has 3 heterocycles. The zero-order valence-electron chi connectivity index (χ0n) is 21.9. The Bertz CT molecular complexity index is 1280. The molecule has 0 aliphatic heterocycles. The largest absolute Gasteiger partial charge is 0.439 e. The van der Waals surface area contributed by atoms with E-state index in [-0.39, 0.29) is 23.6 Å². The van der Waals surface area contributed by atoms with Crippen molar-refractivity contribution in [2.75, 3.05) is 5.32 Å². The van der Waals surface area contributed by atoms with Gasteiger partial charge in [-0.05, 0) is 63.2 Å². The van der Waals surface area contributed by atoms with Crippen LogP contribution in [0.2, 0.25) is 0 Å². The maximum atomic E-state index is 11.7. The summed E-state index contributed by atoms with van der Waals surface area (Å²) in [5.74, 6) is 3.42. The average molecular weight is 510 g/mol. The van der Waals surface area contributed by atoms with Crippen molar-refractivity contribution in [1.82, 2.24) is 29.7 Å². The van der Waals surface area contributed by atoms with E-state index in [0.29, 0.717) is 17.5 Å². The number of H-pyrrole nitrogens is 1. The van der Waals surface area contributed by atoms with E-state index in [0.717, 1.165) is 55.3 Å². The smallest absolute Gasteiger partial charge is 0.392 e. The summed E-state index contributed by atoms with van der Waals surface area (Å²) < 4.78 is 7.06. The van der Waals surface area contributed by atoms with Crippen molar-refractivity contribution in [1.29, 1.82) is 0 Å². The van der Waals surface area contributed by atoms with Gasteiger partial charge in [0.2, 0.25) is 11.6 Å². The number of aromatic nitrogens is 6. The second-order valence-corrected chi connectivity index (χ2v) is 11.8. The lowest BCUT2D eigenvalue weighted by atomic mass is 9.80. The maximum Gasteiger partial charge on any atom is 0.439 e. The first-order valence-electron chi connectivity index (χ1n) is 14.3. The molecule has 200 valence electrons. The SMILES string of the molecule is CC1CCC(Cn2c(C3CCCCC3O)nc3nc(-c4noc(=O)[nH]4)nc(NC(C)C4CCC4)c32)CC1. The van der Waals surface area contributed by atoms with E-state index in [1.165, 1.54) is 44.9 Å². The monoisotopic (exact) mass is 509 g/mol. The van der Waals surface area contributed by atoms with Gasteiger partial charge in [0.05, 0.1) is 6.10 Å². The number of hydrogen-bond donors (Lipinski definition) is 3. The van der Waals surface area contributed by atoms with Crippen LogP contribution in [0.1, 0.15) is 96.2 Å². The quantitative estimate of drug-likeness (QED) is 0.420. The van der Waals surface area contributed by atoms with Gasteiger partial charge in [0, 0.05) is 18.5 Å². The first kappa shape index (κ1) is 24.6. The van der Waals surface area contributed by atoms with Crippen LogP contribution in [0.15, 0.2) is 9.32 Å². The van der Waals surface area contributed by atoms with E-state index in [9.17, 15) is 9.90 Å². The van der Waals surface area contributed by atoms with Gasteiger partial charge in [-0.15, -0.1) is 0 Å². The van der Waals surface area contributed by atoms with Crippen LogP contribution in [-0.2, 0) is 6.54 Å². The van der Waals surface area contributed by atoms with Crippen LogP contribution in [0.3, 0.4) is 0 Å². The van der Waals surface area contributed by atoms with Gasteiger partial charge in [-0.1, -0.05) is 44.2 Å². The molecule has 3 atom stereocenters. The molecule has 3 unspecified atom stereocenters. The minimum absolute atomic E-state index is 0.0160. The molecule has 3 N–H and O–H groups in total. The molecule has 10 nitrogen and oxygen atoms in total. The number of hydrogen-bond acceptors (Lipinski definition) is 8. The zero-order chi connectivity index (χ0) is 25.5. The lowest BCUT2D eigenvalue weighted by molar-refractivity contribution is 0.100. The Kier molecular flexibility index (Phi) is 6.77. The third-order valence-electron chi connectivity index (χ3n) is 9.14. The Morgan fingerprint density at radius 1 is 1.05 bits per heavy atom. The lowest BCUT2D eigenvalue weighted by Crippen LogP contribution is -2.31. The third-order valence-corrected chi connectivity index (χ3v) is 9.14. The minimum atomic E-state index is -0.640. The van der Waals surface area contributed by atoms with E-state index in [1.807, 2.05) is 0 Å². The normalized spacial score (nSPS) is 27.8. The average Bonchev–Trinajstić information content (AvgIpc) is 3.43. The number of aromatic amines is 1. The van der Waals surface area contributed by atoms with E-state index >= 15 is 0 Å². The van der Waals surface area contributed by atoms with Crippen molar-refractivity contribution in [3.8, 4) is 11.6 Å². The molecule has 3 aromatic heterocycles. The summed E-state index contributed by atoms with van der Waals surface area (Å²) in [5, 5.41) is 18.5. The lowest BCUT2D eigenvalue weighted by Gasteiger charge is -2.33. The van der Waals surface area contributed by atoms with Gasteiger partial charge in [-0.3, -0.25) is 9.51 Å². The molecule has 3 fully saturated rings. The van der Waals surface area contributed by atoms with Crippen molar-refractivity contribution in [3.63, 3.8) is 0 Å². The Morgan fingerprint density at radius 2 is 1.84 bits per heavy atom. The molecule has 3 aliphatic rings. The number of nitrogens with one attached hydrogen (secondary N) is 2. The number of nitrogens with zero attached hydrogens (tertiary/aromatic N) is 5. The van der Waals surface area contributed by atoms with Crippen LogP contribution in [0.25, 0.3) is 22.8 Å². The van der Waals surface area contributed by atoms with Crippen molar-refractivity contribution >= 4 is 17.0 Å². The predicted octanol–water partition coefficient (Wildman–Crippen LogP) is 4.61. The van der Waals surface area contributed by atoms with Crippen LogP contribution >= 0.6 is 0 Å². The fourth-order valence-electron chi connectivity index (χ4n) is 6.51. The highest BCUT2D eigenvalue weighted by molar-refractivity contribution is 5.85. The summed E-state index contributed by atoms with van der Waals surface area (Å²) in [7, 11) is 0. The molecule has 3 aliphatic carbocycles. The number of imidazole rings is 1. The van der Waals surface area contributed by atoms with Crippen LogP contribution in [0.4, 0.5) is 5.82 Å². The second-order valence-electron chi connectivity index (χ2n) is 11.8. The maximum absolute atomic E-state index is 11.7. The summed E-state index contributed by atoms with van der Waals surface area (Å²) in [5.41, 5.74) is 1.47. The molecule has 0 saturated heterocycles. The zero-order valence-corrected chi connectivity index (χ0v) is 21.9. The van der Waals surface area contributed by atoms with Gasteiger partial charge in [-0.25, -0.2) is 19.7 Å². The molecular weight excluding hydrogens is 470 g/mol. The van der Waals surface area contributed by atoms with Gasteiger partial charge in [0.1, 0.15) is 11.3 Å². The topological polar surface area (TPSA) is 135 Å².